The molecule has 1 aromatic carbocycles. The lowest BCUT2D eigenvalue weighted by Crippen LogP contribution is -2.17. The molecule has 0 aliphatic carbocycles. The molecule has 0 saturated carbocycles. The Kier molecular flexibility index (Phi) is 2.73. The van der Waals surface area contributed by atoms with Crippen LogP contribution in [0.2, 0.25) is 0 Å². The number of nitrogens with zero attached hydrogens (tertiary/aromatic N) is 3. The van der Waals surface area contributed by atoms with Crippen molar-refractivity contribution in [1.82, 2.24) is 14.8 Å². The van der Waals surface area contributed by atoms with Crippen LogP contribution in [0.3, 0.4) is 0 Å². The van der Waals surface area contributed by atoms with Gasteiger partial charge in [-0.15, -0.1) is 0 Å². The molecule has 1 atom stereocenters. The molecule has 0 amide bonds. The highest BCUT2D eigenvalue weighted by molar-refractivity contribution is 5.19. The normalized spacial score (nSPS) is 12.7. The van der Waals surface area contributed by atoms with E-state index in [1.807, 2.05) is 0 Å². The van der Waals surface area contributed by atoms with Crippen LogP contribution in [0, 0.1) is 5.82 Å². The van der Waals surface area contributed by atoms with E-state index in [4.69, 9.17) is 5.73 Å². The number of halogens is 1. The third kappa shape index (κ3) is 2.38. The molecule has 5 heteroatoms. The van der Waals surface area contributed by atoms with Gasteiger partial charge in [0.05, 0.1) is 6.54 Å². The average Bonchev–Trinajstić information content (AvgIpc) is 2.71. The molecule has 15 heavy (non-hydrogen) atoms. The van der Waals surface area contributed by atoms with Gasteiger partial charge >= 0.3 is 0 Å². The number of hydrogen-bond acceptors (Lipinski definition) is 3. The Hall–Kier alpha value is -1.75. The van der Waals surface area contributed by atoms with Crippen molar-refractivity contribution in [2.75, 3.05) is 0 Å². The van der Waals surface area contributed by atoms with Crippen LogP contribution in [0.25, 0.3) is 0 Å². The predicted molar refractivity (Wildman–Crippen MR) is 53.4 cm³/mol. The third-order valence-electron chi connectivity index (χ3n) is 2.15. The molecule has 1 unspecified atom stereocenters. The van der Waals surface area contributed by atoms with Gasteiger partial charge in [0.2, 0.25) is 0 Å². The summed E-state index contributed by atoms with van der Waals surface area (Å²) in [6.45, 7) is 0.533. The highest BCUT2D eigenvalue weighted by atomic mass is 19.1. The standard InChI is InChI=1S/C10H11FN4/c11-9-3-1-8(2-4-9)10(12)5-15-7-13-6-14-15/h1-4,6-7,10H,5,12H2. The SMILES string of the molecule is NC(Cn1cncn1)c1ccc(F)cc1. The van der Waals surface area contributed by atoms with Gasteiger partial charge < -0.3 is 5.73 Å². The second-order valence-electron chi connectivity index (χ2n) is 3.28. The van der Waals surface area contributed by atoms with Crippen LogP contribution in [-0.4, -0.2) is 14.8 Å². The molecule has 0 radical (unpaired) electrons. The number of nitrogens with two attached hydrogens (primary N) is 1. The van der Waals surface area contributed by atoms with E-state index in [2.05, 4.69) is 10.1 Å². The van der Waals surface area contributed by atoms with E-state index >= 15 is 0 Å². The average molecular weight is 206 g/mol. The molecule has 4 nitrogen and oxygen atoms in total. The van der Waals surface area contributed by atoms with Crippen molar-refractivity contribution >= 4 is 0 Å². The van der Waals surface area contributed by atoms with Crippen molar-refractivity contribution < 1.29 is 4.39 Å². The van der Waals surface area contributed by atoms with Crippen molar-refractivity contribution in [2.24, 2.45) is 5.73 Å². The van der Waals surface area contributed by atoms with Gasteiger partial charge in [0.25, 0.3) is 0 Å². The molecular weight excluding hydrogens is 195 g/mol. The minimum Gasteiger partial charge on any atom is -0.322 e. The minimum absolute atomic E-state index is 0.202. The molecule has 0 bridgehead atoms. The van der Waals surface area contributed by atoms with Gasteiger partial charge in [-0.05, 0) is 17.7 Å². The van der Waals surface area contributed by atoms with E-state index in [9.17, 15) is 4.39 Å². The molecule has 0 fully saturated rings. The molecule has 0 aliphatic rings. The Morgan fingerprint density at radius 1 is 1.33 bits per heavy atom. The lowest BCUT2D eigenvalue weighted by atomic mass is 10.1. The summed E-state index contributed by atoms with van der Waals surface area (Å²) < 4.78 is 14.3. The molecule has 2 N–H and O–H groups in total. The van der Waals surface area contributed by atoms with E-state index < -0.39 is 0 Å². The summed E-state index contributed by atoms with van der Waals surface area (Å²) in [6, 6.07) is 5.95. The third-order valence-corrected chi connectivity index (χ3v) is 2.15. The lowest BCUT2D eigenvalue weighted by molar-refractivity contribution is 0.525. The molecule has 0 spiro atoms. The van der Waals surface area contributed by atoms with Crippen molar-refractivity contribution in [1.29, 1.82) is 0 Å². The van der Waals surface area contributed by atoms with Gasteiger partial charge in [0, 0.05) is 6.04 Å². The lowest BCUT2D eigenvalue weighted by Gasteiger charge is -2.11. The molecule has 0 saturated heterocycles. The summed E-state index contributed by atoms with van der Waals surface area (Å²) >= 11 is 0. The Morgan fingerprint density at radius 3 is 2.67 bits per heavy atom. The second-order valence-corrected chi connectivity index (χ2v) is 3.28. The first-order valence-electron chi connectivity index (χ1n) is 4.59. The first kappa shape index (κ1) is 9.79. The molecule has 1 aromatic heterocycles. The monoisotopic (exact) mass is 206 g/mol. The van der Waals surface area contributed by atoms with Gasteiger partial charge in [0.15, 0.2) is 0 Å². The molecule has 2 rings (SSSR count). The van der Waals surface area contributed by atoms with E-state index in [1.54, 1.807) is 23.1 Å². The van der Waals surface area contributed by atoms with Crippen molar-refractivity contribution in [3.63, 3.8) is 0 Å². The fourth-order valence-electron chi connectivity index (χ4n) is 1.34. The van der Waals surface area contributed by atoms with Crippen LogP contribution in [0.15, 0.2) is 36.9 Å². The van der Waals surface area contributed by atoms with Crippen LogP contribution in [0.4, 0.5) is 4.39 Å². The largest absolute Gasteiger partial charge is 0.322 e. The highest BCUT2D eigenvalue weighted by Gasteiger charge is 2.06. The maximum Gasteiger partial charge on any atom is 0.137 e. The first-order valence-corrected chi connectivity index (χ1v) is 4.59. The van der Waals surface area contributed by atoms with Crippen molar-refractivity contribution in [3.8, 4) is 0 Å². The van der Waals surface area contributed by atoms with E-state index in [-0.39, 0.29) is 11.9 Å². The van der Waals surface area contributed by atoms with Crippen LogP contribution in [0.5, 0.6) is 0 Å². The maximum absolute atomic E-state index is 12.7. The quantitative estimate of drug-likeness (QED) is 0.818. The van der Waals surface area contributed by atoms with E-state index in [1.165, 1.54) is 18.5 Å². The zero-order valence-corrected chi connectivity index (χ0v) is 8.05. The van der Waals surface area contributed by atoms with Crippen molar-refractivity contribution in [3.05, 3.63) is 48.3 Å². The fourth-order valence-corrected chi connectivity index (χ4v) is 1.34. The second kappa shape index (κ2) is 4.18. The summed E-state index contributed by atoms with van der Waals surface area (Å²) in [5.74, 6) is -0.258. The van der Waals surface area contributed by atoms with Crippen molar-refractivity contribution in [2.45, 2.75) is 12.6 Å². The van der Waals surface area contributed by atoms with Crippen LogP contribution in [0.1, 0.15) is 11.6 Å². The summed E-state index contributed by atoms with van der Waals surface area (Å²) in [7, 11) is 0. The smallest absolute Gasteiger partial charge is 0.137 e. The Balaban J connectivity index is 2.08. The molecule has 78 valence electrons. The first-order chi connectivity index (χ1) is 7.25. The Morgan fingerprint density at radius 2 is 2.07 bits per heavy atom. The van der Waals surface area contributed by atoms with E-state index in [0.717, 1.165) is 5.56 Å². The molecule has 1 heterocycles. The van der Waals surface area contributed by atoms with Crippen LogP contribution in [-0.2, 0) is 6.54 Å². The summed E-state index contributed by atoms with van der Waals surface area (Å²) in [5, 5.41) is 3.95. The molecule has 2 aromatic rings. The van der Waals surface area contributed by atoms with Crippen LogP contribution >= 0.6 is 0 Å². The topological polar surface area (TPSA) is 56.7 Å². The molecule has 0 aliphatic heterocycles. The van der Waals surface area contributed by atoms with Gasteiger partial charge in [0.1, 0.15) is 18.5 Å². The Labute approximate surface area is 86.6 Å². The van der Waals surface area contributed by atoms with Gasteiger partial charge in [-0.1, -0.05) is 12.1 Å². The zero-order chi connectivity index (χ0) is 10.7. The van der Waals surface area contributed by atoms with E-state index in [0.29, 0.717) is 6.54 Å². The highest BCUT2D eigenvalue weighted by Crippen LogP contribution is 2.12. The minimum atomic E-state index is -0.258. The maximum atomic E-state index is 12.7. The van der Waals surface area contributed by atoms with Gasteiger partial charge in [-0.2, -0.15) is 5.10 Å². The number of rotatable bonds is 3. The zero-order valence-electron chi connectivity index (χ0n) is 8.05. The number of benzene rings is 1. The predicted octanol–water partition coefficient (Wildman–Crippen LogP) is 1.12. The number of hydrogen-bond donors (Lipinski definition) is 1. The summed E-state index contributed by atoms with van der Waals surface area (Å²) in [4.78, 5) is 3.82. The van der Waals surface area contributed by atoms with Gasteiger partial charge in [-0.25, -0.2) is 9.37 Å². The Bertz CT molecular complexity index is 409. The van der Waals surface area contributed by atoms with Gasteiger partial charge in [-0.3, -0.25) is 4.68 Å². The number of aromatic nitrogens is 3. The summed E-state index contributed by atoms with van der Waals surface area (Å²) in [6.07, 6.45) is 3.06. The molecular formula is C10H11FN4. The summed E-state index contributed by atoms with van der Waals surface area (Å²) in [5.41, 5.74) is 6.81. The van der Waals surface area contributed by atoms with Crippen LogP contribution < -0.4 is 5.73 Å². The fraction of sp³-hybridized carbons (Fsp3) is 0.200.